The Labute approximate surface area is 112 Å². The van der Waals surface area contributed by atoms with Crippen LogP contribution < -0.4 is 5.73 Å². The first kappa shape index (κ1) is 11.9. The summed E-state index contributed by atoms with van der Waals surface area (Å²) < 4.78 is 2.08. The van der Waals surface area contributed by atoms with Crippen LogP contribution in [-0.4, -0.2) is 16.3 Å². The highest BCUT2D eigenvalue weighted by molar-refractivity contribution is 5.78. The number of nitrogens with zero attached hydrogens (tertiary/aromatic N) is 2. The molecule has 0 fully saturated rings. The van der Waals surface area contributed by atoms with Crippen molar-refractivity contribution in [1.29, 1.82) is 0 Å². The van der Waals surface area contributed by atoms with Crippen molar-refractivity contribution in [3.63, 3.8) is 0 Å². The molecule has 0 bridgehead atoms. The average molecular weight is 251 g/mol. The molecular weight excluding hydrogens is 234 g/mol. The first-order valence-corrected chi connectivity index (χ1v) is 6.57. The van der Waals surface area contributed by atoms with E-state index in [9.17, 15) is 0 Å². The molecule has 0 aliphatic rings. The van der Waals surface area contributed by atoms with Gasteiger partial charge < -0.3 is 5.73 Å². The lowest BCUT2D eigenvalue weighted by Gasteiger charge is -2.18. The zero-order valence-electron chi connectivity index (χ0n) is 10.7. The van der Waals surface area contributed by atoms with Gasteiger partial charge in [0.15, 0.2) is 0 Å². The van der Waals surface area contributed by atoms with Crippen LogP contribution in [-0.2, 0) is 0 Å². The summed E-state index contributed by atoms with van der Waals surface area (Å²) in [4.78, 5) is 0. The summed E-state index contributed by atoms with van der Waals surface area (Å²) in [6.45, 7) is 0.647. The normalized spacial score (nSPS) is 12.7. The molecule has 3 rings (SSSR count). The molecular formula is C16H17N3. The van der Waals surface area contributed by atoms with Gasteiger partial charge in [-0.1, -0.05) is 48.5 Å². The van der Waals surface area contributed by atoms with Crippen molar-refractivity contribution >= 4 is 10.9 Å². The maximum Gasteiger partial charge on any atom is 0.0787 e. The second-order valence-electron chi connectivity index (χ2n) is 4.65. The molecule has 1 atom stereocenters. The van der Waals surface area contributed by atoms with Gasteiger partial charge in [0.25, 0.3) is 0 Å². The van der Waals surface area contributed by atoms with Gasteiger partial charge in [0.05, 0.1) is 17.8 Å². The van der Waals surface area contributed by atoms with Gasteiger partial charge in [-0.15, -0.1) is 0 Å². The van der Waals surface area contributed by atoms with E-state index < -0.39 is 0 Å². The molecule has 96 valence electrons. The predicted molar refractivity (Wildman–Crippen MR) is 78.0 cm³/mol. The van der Waals surface area contributed by atoms with Crippen LogP contribution in [0.2, 0.25) is 0 Å². The van der Waals surface area contributed by atoms with Crippen molar-refractivity contribution in [1.82, 2.24) is 9.78 Å². The topological polar surface area (TPSA) is 43.8 Å². The average Bonchev–Trinajstić information content (AvgIpc) is 2.89. The zero-order chi connectivity index (χ0) is 13.1. The van der Waals surface area contributed by atoms with Gasteiger partial charge >= 0.3 is 0 Å². The number of hydrogen-bond donors (Lipinski definition) is 1. The molecule has 0 aliphatic heterocycles. The highest BCUT2D eigenvalue weighted by Gasteiger charge is 2.15. The summed E-state index contributed by atoms with van der Waals surface area (Å²) in [5, 5.41) is 5.72. The van der Waals surface area contributed by atoms with E-state index in [-0.39, 0.29) is 6.04 Å². The molecule has 0 amide bonds. The quantitative estimate of drug-likeness (QED) is 0.774. The molecule has 1 heterocycles. The van der Waals surface area contributed by atoms with E-state index in [4.69, 9.17) is 5.73 Å². The minimum absolute atomic E-state index is 0.200. The highest BCUT2D eigenvalue weighted by atomic mass is 15.3. The molecule has 3 aromatic rings. The van der Waals surface area contributed by atoms with Crippen LogP contribution in [0.5, 0.6) is 0 Å². The lowest BCUT2D eigenvalue weighted by molar-refractivity contribution is 0.510. The molecule has 0 saturated heterocycles. The largest absolute Gasteiger partial charge is 0.330 e. The summed E-state index contributed by atoms with van der Waals surface area (Å²) >= 11 is 0. The van der Waals surface area contributed by atoms with Crippen molar-refractivity contribution in [2.24, 2.45) is 5.73 Å². The third-order valence-electron chi connectivity index (χ3n) is 3.42. The minimum atomic E-state index is 0.200. The van der Waals surface area contributed by atoms with E-state index in [1.54, 1.807) is 0 Å². The van der Waals surface area contributed by atoms with Gasteiger partial charge in [0, 0.05) is 5.39 Å². The standard InChI is InChI=1S/C16H17N3/c17-11-10-16(13-6-2-1-3-7-13)19-15-9-5-4-8-14(15)12-18-19/h1-9,12,16H,10-11,17H2. The summed E-state index contributed by atoms with van der Waals surface area (Å²) in [5.41, 5.74) is 8.18. The van der Waals surface area contributed by atoms with Crippen LogP contribution in [0.25, 0.3) is 10.9 Å². The van der Waals surface area contributed by atoms with E-state index in [2.05, 4.69) is 46.2 Å². The molecule has 2 N–H and O–H groups in total. The van der Waals surface area contributed by atoms with Crippen molar-refractivity contribution in [2.45, 2.75) is 12.5 Å². The van der Waals surface area contributed by atoms with E-state index >= 15 is 0 Å². The third-order valence-corrected chi connectivity index (χ3v) is 3.42. The minimum Gasteiger partial charge on any atom is -0.330 e. The fourth-order valence-corrected chi connectivity index (χ4v) is 2.50. The summed E-state index contributed by atoms with van der Waals surface area (Å²) in [6, 6.07) is 18.9. The molecule has 3 nitrogen and oxygen atoms in total. The number of hydrogen-bond acceptors (Lipinski definition) is 2. The fraction of sp³-hybridized carbons (Fsp3) is 0.188. The molecule has 0 saturated carbocycles. The molecule has 1 aromatic heterocycles. The molecule has 0 radical (unpaired) electrons. The van der Waals surface area contributed by atoms with Crippen molar-refractivity contribution in [3.8, 4) is 0 Å². The van der Waals surface area contributed by atoms with Crippen molar-refractivity contribution < 1.29 is 0 Å². The van der Waals surface area contributed by atoms with E-state index in [0.29, 0.717) is 6.54 Å². The lowest BCUT2D eigenvalue weighted by atomic mass is 10.0. The lowest BCUT2D eigenvalue weighted by Crippen LogP contribution is -2.16. The molecule has 0 spiro atoms. The van der Waals surface area contributed by atoms with Crippen LogP contribution in [0.4, 0.5) is 0 Å². The van der Waals surface area contributed by atoms with E-state index in [1.807, 2.05) is 24.4 Å². The van der Waals surface area contributed by atoms with E-state index in [0.717, 1.165) is 11.9 Å². The number of para-hydroxylation sites is 1. The zero-order valence-corrected chi connectivity index (χ0v) is 10.7. The smallest absolute Gasteiger partial charge is 0.0787 e. The maximum atomic E-state index is 5.78. The number of fused-ring (bicyclic) bond motifs is 1. The van der Waals surface area contributed by atoms with Gasteiger partial charge in [0.2, 0.25) is 0 Å². The Bertz CT molecular complexity index is 658. The van der Waals surface area contributed by atoms with Crippen LogP contribution in [0, 0.1) is 0 Å². The number of benzene rings is 2. The fourth-order valence-electron chi connectivity index (χ4n) is 2.50. The van der Waals surface area contributed by atoms with Gasteiger partial charge in [0.1, 0.15) is 0 Å². The Morgan fingerprint density at radius 2 is 1.74 bits per heavy atom. The number of rotatable bonds is 4. The Hall–Kier alpha value is -2.13. The Balaban J connectivity index is 2.10. The SMILES string of the molecule is NCCC(c1ccccc1)n1ncc2ccccc21. The second kappa shape index (κ2) is 5.24. The number of nitrogens with two attached hydrogens (primary N) is 1. The molecule has 3 heteroatoms. The first-order chi connectivity index (χ1) is 9.40. The third kappa shape index (κ3) is 2.25. The number of aromatic nitrogens is 2. The van der Waals surface area contributed by atoms with Gasteiger partial charge in [-0.25, -0.2) is 0 Å². The summed E-state index contributed by atoms with van der Waals surface area (Å²) in [7, 11) is 0. The van der Waals surface area contributed by atoms with Crippen LogP contribution in [0.15, 0.2) is 60.8 Å². The van der Waals surface area contributed by atoms with Crippen LogP contribution in [0.3, 0.4) is 0 Å². The van der Waals surface area contributed by atoms with Gasteiger partial charge in [-0.3, -0.25) is 4.68 Å². The Morgan fingerprint density at radius 3 is 2.53 bits per heavy atom. The monoisotopic (exact) mass is 251 g/mol. The van der Waals surface area contributed by atoms with Crippen LogP contribution in [0.1, 0.15) is 18.0 Å². The molecule has 0 aliphatic carbocycles. The molecule has 19 heavy (non-hydrogen) atoms. The predicted octanol–water partition coefficient (Wildman–Crippen LogP) is 2.97. The van der Waals surface area contributed by atoms with Crippen LogP contribution >= 0.6 is 0 Å². The summed E-state index contributed by atoms with van der Waals surface area (Å²) in [6.07, 6.45) is 2.80. The van der Waals surface area contributed by atoms with Crippen molar-refractivity contribution in [2.75, 3.05) is 6.54 Å². The van der Waals surface area contributed by atoms with E-state index in [1.165, 1.54) is 10.9 Å². The second-order valence-corrected chi connectivity index (χ2v) is 4.65. The molecule has 2 aromatic carbocycles. The van der Waals surface area contributed by atoms with Crippen molar-refractivity contribution in [3.05, 3.63) is 66.4 Å². The Kier molecular flexibility index (Phi) is 3.29. The molecule has 1 unspecified atom stereocenters. The maximum absolute atomic E-state index is 5.78. The summed E-state index contributed by atoms with van der Waals surface area (Å²) in [5.74, 6) is 0. The highest BCUT2D eigenvalue weighted by Crippen LogP contribution is 2.25. The Morgan fingerprint density at radius 1 is 1.00 bits per heavy atom. The van der Waals surface area contributed by atoms with Gasteiger partial charge in [-0.2, -0.15) is 5.10 Å². The van der Waals surface area contributed by atoms with Gasteiger partial charge in [-0.05, 0) is 24.6 Å². The first-order valence-electron chi connectivity index (χ1n) is 6.57.